The van der Waals surface area contributed by atoms with E-state index in [0.717, 1.165) is 53.1 Å². The number of nitrogens with zero attached hydrogens (tertiary/aromatic N) is 1. The van der Waals surface area contributed by atoms with Crippen LogP contribution in [-0.2, 0) is 28.2 Å². The minimum absolute atomic E-state index is 0.837. The van der Waals surface area contributed by atoms with Gasteiger partial charge in [-0.15, -0.1) is 0 Å². The van der Waals surface area contributed by atoms with Gasteiger partial charge in [-0.1, -0.05) is 59.8 Å². The Morgan fingerprint density at radius 1 is 1.00 bits per heavy atom. The van der Waals surface area contributed by atoms with Crippen molar-refractivity contribution in [3.63, 3.8) is 0 Å². The number of thioether (sulfide) groups is 1. The number of H-pyrrole nitrogens is 1. The number of hydrogen-bond donors (Lipinski definition) is 6. The molecule has 1 aliphatic heterocycles. The van der Waals surface area contributed by atoms with E-state index in [2.05, 4.69) is 33.5 Å². The molecule has 35 heavy (non-hydrogen) atoms. The molecule has 2 atom stereocenters. The molecule has 1 aromatic heterocycles. The van der Waals surface area contributed by atoms with Gasteiger partial charge in [0.15, 0.2) is 17.4 Å². The second-order valence-electron chi connectivity index (χ2n) is 7.74. The molecular formula is C24H26ClN3O6S. The van der Waals surface area contributed by atoms with Crippen molar-refractivity contribution in [2.45, 2.75) is 36.0 Å². The zero-order valence-corrected chi connectivity index (χ0v) is 20.2. The second-order valence-corrected chi connectivity index (χ2v) is 9.11. The van der Waals surface area contributed by atoms with Gasteiger partial charge in [-0.05, 0) is 54.3 Å². The molecule has 4 rings (SSSR count). The van der Waals surface area contributed by atoms with Gasteiger partial charge in [-0.2, -0.15) is 0 Å². The fourth-order valence-electron chi connectivity index (χ4n) is 3.53. The Kier molecular flexibility index (Phi) is 9.70. The molecule has 0 amide bonds. The quantitative estimate of drug-likeness (QED) is 0.258. The Labute approximate surface area is 211 Å². The number of benzene rings is 2. The molecule has 0 fully saturated rings. The first-order valence-electron chi connectivity index (χ1n) is 10.8. The number of aliphatic hydroxyl groups excluding tert-OH is 2. The van der Waals surface area contributed by atoms with Crippen LogP contribution in [0.1, 0.15) is 16.7 Å². The first kappa shape index (κ1) is 26.7. The third kappa shape index (κ3) is 7.30. The van der Waals surface area contributed by atoms with Crippen molar-refractivity contribution in [1.82, 2.24) is 15.3 Å². The number of halogens is 1. The number of carbonyl (C=O) groups is 2. The molecular weight excluding hydrogens is 494 g/mol. The van der Waals surface area contributed by atoms with Gasteiger partial charge in [0, 0.05) is 10.8 Å². The molecule has 3 aromatic rings. The lowest BCUT2D eigenvalue weighted by molar-refractivity contribution is -0.165. The molecule has 6 N–H and O–H groups in total. The summed E-state index contributed by atoms with van der Waals surface area (Å²) in [6.45, 7) is 2.06. The lowest BCUT2D eigenvalue weighted by atomic mass is 9.98. The van der Waals surface area contributed by atoms with Crippen LogP contribution in [0.15, 0.2) is 53.8 Å². The summed E-state index contributed by atoms with van der Waals surface area (Å²) >= 11 is 8.23. The van der Waals surface area contributed by atoms with Crippen molar-refractivity contribution in [1.29, 1.82) is 0 Å². The molecule has 9 nitrogen and oxygen atoms in total. The number of carboxylic acids is 2. The van der Waals surface area contributed by atoms with Crippen molar-refractivity contribution >= 4 is 35.3 Å². The molecule has 2 aromatic carbocycles. The van der Waals surface area contributed by atoms with Gasteiger partial charge in [-0.3, -0.25) is 0 Å². The number of rotatable bonds is 7. The normalized spacial score (nSPS) is 14.6. The highest BCUT2D eigenvalue weighted by molar-refractivity contribution is 7.98. The molecule has 0 aliphatic carbocycles. The predicted octanol–water partition coefficient (Wildman–Crippen LogP) is 2.59. The Morgan fingerprint density at radius 2 is 1.66 bits per heavy atom. The van der Waals surface area contributed by atoms with Crippen LogP contribution in [0.3, 0.4) is 0 Å². The van der Waals surface area contributed by atoms with Gasteiger partial charge >= 0.3 is 11.9 Å². The van der Waals surface area contributed by atoms with E-state index in [1.165, 1.54) is 16.7 Å². The highest BCUT2D eigenvalue weighted by Crippen LogP contribution is 2.31. The van der Waals surface area contributed by atoms with E-state index >= 15 is 0 Å². The summed E-state index contributed by atoms with van der Waals surface area (Å²) in [5.41, 5.74) is 6.30. The number of aliphatic carboxylic acids is 2. The minimum atomic E-state index is -2.27. The maximum Gasteiger partial charge on any atom is 0.335 e. The molecule has 11 heteroatoms. The lowest BCUT2D eigenvalue weighted by Gasteiger charge is -2.13. The molecule has 0 saturated heterocycles. The largest absolute Gasteiger partial charge is 0.479 e. The fraction of sp³-hybridized carbons (Fsp3) is 0.292. The number of aromatic nitrogens is 2. The zero-order chi connectivity index (χ0) is 25.4. The van der Waals surface area contributed by atoms with Crippen LogP contribution in [0.4, 0.5) is 0 Å². The van der Waals surface area contributed by atoms with Crippen LogP contribution in [-0.4, -0.2) is 67.6 Å². The predicted molar refractivity (Wildman–Crippen MR) is 133 cm³/mol. The number of hydrogen-bond acceptors (Lipinski definition) is 7. The molecule has 186 valence electrons. The minimum Gasteiger partial charge on any atom is -0.479 e. The van der Waals surface area contributed by atoms with E-state index in [0.29, 0.717) is 0 Å². The van der Waals surface area contributed by atoms with Crippen molar-refractivity contribution in [2.24, 2.45) is 0 Å². The van der Waals surface area contributed by atoms with Crippen LogP contribution >= 0.6 is 23.4 Å². The summed E-state index contributed by atoms with van der Waals surface area (Å²) in [4.78, 5) is 27.5. The first-order valence-corrected chi connectivity index (χ1v) is 12.2. The van der Waals surface area contributed by atoms with Crippen molar-refractivity contribution in [2.75, 3.05) is 13.1 Å². The lowest BCUT2D eigenvalue weighted by Crippen LogP contribution is -2.39. The van der Waals surface area contributed by atoms with E-state index in [-0.39, 0.29) is 0 Å². The Morgan fingerprint density at radius 3 is 2.31 bits per heavy atom. The summed E-state index contributed by atoms with van der Waals surface area (Å²) in [6, 6.07) is 14.5. The van der Waals surface area contributed by atoms with Crippen LogP contribution in [0, 0.1) is 0 Å². The highest BCUT2D eigenvalue weighted by atomic mass is 35.5. The molecule has 1 aliphatic rings. The smallest absolute Gasteiger partial charge is 0.335 e. The summed E-state index contributed by atoms with van der Waals surface area (Å²) < 4.78 is 0. The fourth-order valence-corrected chi connectivity index (χ4v) is 4.77. The van der Waals surface area contributed by atoms with Gasteiger partial charge in [0.05, 0.1) is 11.9 Å². The van der Waals surface area contributed by atoms with Crippen LogP contribution in [0.5, 0.6) is 0 Å². The van der Waals surface area contributed by atoms with Crippen LogP contribution in [0.2, 0.25) is 5.02 Å². The van der Waals surface area contributed by atoms with Gasteiger partial charge in [-0.25, -0.2) is 14.6 Å². The standard InChI is InChI=1S/C20H20ClN3S.C4H6O6/c21-18-7-6-14-8-10-22-11-9-16(14)17(18)13-25-20-23-12-19(24-20)15-4-2-1-3-5-15;5-1(3(7)8)2(6)4(9)10/h1-7,12,22H,8-11,13H2,(H,23,24);1-2,5-6H,(H,7,8)(H,9,10)/t;1-,2-/m.1/s1. The zero-order valence-electron chi connectivity index (χ0n) is 18.6. The number of imidazole rings is 1. The Hall–Kier alpha value is -2.89. The van der Waals surface area contributed by atoms with Gasteiger partial charge in [0.25, 0.3) is 0 Å². The summed E-state index contributed by atoms with van der Waals surface area (Å²) in [5, 5.41) is 37.8. The van der Waals surface area contributed by atoms with Crippen molar-refractivity contribution < 1.29 is 30.0 Å². The number of aliphatic hydroxyl groups is 2. The molecule has 0 spiro atoms. The second kappa shape index (κ2) is 12.7. The van der Waals surface area contributed by atoms with E-state index in [1.807, 2.05) is 30.5 Å². The third-order valence-electron chi connectivity index (χ3n) is 5.39. The average molecular weight is 520 g/mol. The number of carboxylic acid groups (broad SMARTS) is 2. The molecule has 0 unspecified atom stereocenters. The first-order chi connectivity index (χ1) is 16.8. The highest BCUT2D eigenvalue weighted by Gasteiger charge is 2.29. The summed E-state index contributed by atoms with van der Waals surface area (Å²) in [7, 11) is 0. The average Bonchev–Trinajstić information content (AvgIpc) is 3.20. The van der Waals surface area contributed by atoms with E-state index < -0.39 is 24.1 Å². The molecule has 0 bridgehead atoms. The third-order valence-corrected chi connectivity index (χ3v) is 6.66. The molecule has 2 heterocycles. The SMILES string of the molecule is Clc1ccc2c(c1CSc1ncc(-c3ccccc3)[nH]1)CCNCC2.O=C(O)[C@H](O)[C@@H](O)C(=O)O. The monoisotopic (exact) mass is 519 g/mol. The van der Waals surface area contributed by atoms with Crippen molar-refractivity contribution in [3.8, 4) is 11.3 Å². The number of nitrogens with one attached hydrogen (secondary N) is 2. The Balaban J connectivity index is 0.000000292. The maximum atomic E-state index is 9.77. The van der Waals surface area contributed by atoms with Crippen molar-refractivity contribution in [3.05, 3.63) is 70.4 Å². The van der Waals surface area contributed by atoms with E-state index in [9.17, 15) is 9.59 Å². The van der Waals surface area contributed by atoms with E-state index in [4.69, 9.17) is 32.0 Å². The summed E-state index contributed by atoms with van der Waals surface area (Å²) in [5.74, 6) is -2.70. The van der Waals surface area contributed by atoms with Crippen LogP contribution < -0.4 is 5.32 Å². The maximum absolute atomic E-state index is 9.77. The molecule has 0 saturated carbocycles. The topological polar surface area (TPSA) is 156 Å². The number of aromatic amines is 1. The summed E-state index contributed by atoms with van der Waals surface area (Å²) in [6.07, 6.45) is -0.522. The van der Waals surface area contributed by atoms with Gasteiger partial charge in [0.1, 0.15) is 0 Å². The van der Waals surface area contributed by atoms with E-state index in [1.54, 1.807) is 11.8 Å². The van der Waals surface area contributed by atoms with Gasteiger partial charge < -0.3 is 30.7 Å². The molecule has 0 radical (unpaired) electrons. The number of fused-ring (bicyclic) bond motifs is 1. The Bertz CT molecular complexity index is 1140. The van der Waals surface area contributed by atoms with Crippen LogP contribution in [0.25, 0.3) is 11.3 Å². The van der Waals surface area contributed by atoms with Gasteiger partial charge in [0.2, 0.25) is 0 Å².